The normalized spacial score (nSPS) is 10.8. The molecule has 0 saturated carbocycles. The second kappa shape index (κ2) is 12.0. The maximum absolute atomic E-state index is 12.3. The van der Waals surface area contributed by atoms with Crippen molar-refractivity contribution in [1.29, 1.82) is 5.26 Å². The minimum absolute atomic E-state index is 0.0438. The Labute approximate surface area is 203 Å². The van der Waals surface area contributed by atoms with Crippen LogP contribution in [0.4, 0.5) is 5.95 Å². The van der Waals surface area contributed by atoms with E-state index in [-0.39, 0.29) is 17.6 Å². The number of hydrogen-bond donors (Lipinski definition) is 0. The largest absolute Gasteiger partial charge is 0.503 e. The van der Waals surface area contributed by atoms with Crippen molar-refractivity contribution >= 4 is 17.5 Å². The number of aromatic nitrogens is 3. The third-order valence-corrected chi connectivity index (χ3v) is 4.86. The number of benzene rings is 2. The zero-order valence-electron chi connectivity index (χ0n) is 19.9. The van der Waals surface area contributed by atoms with Crippen molar-refractivity contribution in [1.82, 2.24) is 15.0 Å². The number of ether oxygens (including phenoxy) is 4. The number of rotatable bonds is 10. The molecular weight excluding hydrogens is 450 g/mol. The highest BCUT2D eigenvalue weighted by Crippen LogP contribution is 2.32. The lowest BCUT2D eigenvalue weighted by Crippen LogP contribution is -2.24. The lowest BCUT2D eigenvalue weighted by molar-refractivity contribution is -0.133. The molecule has 0 bridgehead atoms. The van der Waals surface area contributed by atoms with Crippen LogP contribution in [-0.4, -0.2) is 48.2 Å². The predicted octanol–water partition coefficient (Wildman–Crippen LogP) is 4.33. The van der Waals surface area contributed by atoms with Crippen LogP contribution in [0.2, 0.25) is 0 Å². The fourth-order valence-electron chi connectivity index (χ4n) is 3.14. The molecule has 180 valence electrons. The van der Waals surface area contributed by atoms with Gasteiger partial charge >= 0.3 is 18.0 Å². The Kier molecular flexibility index (Phi) is 8.56. The first-order chi connectivity index (χ1) is 17.0. The number of para-hydroxylation sites is 2. The second-order valence-corrected chi connectivity index (χ2v) is 6.94. The molecule has 0 aliphatic carbocycles. The Morgan fingerprint density at radius 3 is 2.14 bits per heavy atom. The number of esters is 1. The van der Waals surface area contributed by atoms with E-state index in [9.17, 15) is 10.1 Å². The van der Waals surface area contributed by atoms with E-state index >= 15 is 0 Å². The predicted molar refractivity (Wildman–Crippen MR) is 128 cm³/mol. The van der Waals surface area contributed by atoms with Crippen molar-refractivity contribution in [2.75, 3.05) is 32.2 Å². The van der Waals surface area contributed by atoms with Crippen molar-refractivity contribution in [2.24, 2.45) is 0 Å². The fourth-order valence-corrected chi connectivity index (χ4v) is 3.14. The van der Waals surface area contributed by atoms with Crippen molar-refractivity contribution in [3.05, 3.63) is 65.9 Å². The van der Waals surface area contributed by atoms with Crippen LogP contribution in [0.25, 0.3) is 5.57 Å². The van der Waals surface area contributed by atoms with E-state index < -0.39 is 5.97 Å². The van der Waals surface area contributed by atoms with Gasteiger partial charge in [-0.05, 0) is 32.0 Å². The summed E-state index contributed by atoms with van der Waals surface area (Å²) in [7, 11) is 2.71. The minimum Gasteiger partial charge on any atom is -0.503 e. The summed E-state index contributed by atoms with van der Waals surface area (Å²) in [6.07, 6.45) is 1.27. The number of nitrogens with zero attached hydrogens (tertiary/aromatic N) is 5. The van der Waals surface area contributed by atoms with Crippen LogP contribution in [-0.2, 0) is 14.3 Å². The van der Waals surface area contributed by atoms with Gasteiger partial charge in [-0.25, -0.2) is 4.79 Å². The number of anilines is 1. The van der Waals surface area contributed by atoms with E-state index in [1.54, 1.807) is 48.5 Å². The highest BCUT2D eigenvalue weighted by atomic mass is 16.5. The summed E-state index contributed by atoms with van der Waals surface area (Å²) in [6, 6.07) is 15.6. The number of hydrogen-bond acceptors (Lipinski definition) is 10. The zero-order chi connectivity index (χ0) is 25.2. The molecule has 3 aromatic rings. The first-order valence-corrected chi connectivity index (χ1v) is 10.8. The minimum atomic E-state index is -0.598. The van der Waals surface area contributed by atoms with Crippen molar-refractivity contribution in [2.45, 2.75) is 13.8 Å². The zero-order valence-corrected chi connectivity index (χ0v) is 19.9. The summed E-state index contributed by atoms with van der Waals surface area (Å²) in [5, 5.41) is 9.39. The summed E-state index contributed by atoms with van der Waals surface area (Å²) < 4.78 is 21.8. The van der Waals surface area contributed by atoms with E-state index in [0.717, 1.165) is 0 Å². The van der Waals surface area contributed by atoms with Gasteiger partial charge in [0, 0.05) is 18.7 Å². The molecule has 0 fully saturated rings. The molecule has 0 aliphatic heterocycles. The molecule has 1 aromatic heterocycles. The number of methoxy groups -OCH3 is 2. The van der Waals surface area contributed by atoms with Crippen molar-refractivity contribution in [3.8, 4) is 29.6 Å². The average molecular weight is 476 g/mol. The maximum Gasteiger partial charge on any atom is 0.341 e. The Balaban J connectivity index is 2.06. The lowest BCUT2D eigenvalue weighted by atomic mass is 10.1. The van der Waals surface area contributed by atoms with Gasteiger partial charge in [-0.3, -0.25) is 0 Å². The summed E-state index contributed by atoms with van der Waals surface area (Å²) in [4.78, 5) is 27.4. The third kappa shape index (κ3) is 6.03. The molecule has 0 aliphatic rings. The van der Waals surface area contributed by atoms with Crippen LogP contribution < -0.4 is 14.4 Å². The van der Waals surface area contributed by atoms with Crippen LogP contribution in [0, 0.1) is 11.3 Å². The molecule has 0 radical (unpaired) electrons. The number of carbonyl (C=O) groups excluding carboxylic acids is 1. The summed E-state index contributed by atoms with van der Waals surface area (Å²) in [6.45, 7) is 5.20. The first kappa shape index (κ1) is 25.0. The fraction of sp³-hybridized carbons (Fsp3) is 0.240. The van der Waals surface area contributed by atoms with Gasteiger partial charge in [-0.1, -0.05) is 30.3 Å². The molecule has 2 aromatic carbocycles. The van der Waals surface area contributed by atoms with Gasteiger partial charge in [0.15, 0.2) is 0 Å². The second-order valence-electron chi connectivity index (χ2n) is 6.94. The molecule has 10 nitrogen and oxygen atoms in total. The molecule has 0 unspecified atom stereocenters. The van der Waals surface area contributed by atoms with Crippen molar-refractivity contribution < 1.29 is 23.7 Å². The van der Waals surface area contributed by atoms with E-state index in [1.165, 1.54) is 20.5 Å². The standard InChI is InChI=1S/C25H25N5O5/c1-5-30(6-2)23-27-24(34-20-13-9-7-11-17(20)15-26)29-25(28-23)35-21-14-10-8-12-18(21)19(16-32-3)22(31)33-4/h7-14,16H,5-6H2,1-4H3. The Bertz CT molecular complexity index is 1250. The molecule has 1 heterocycles. The van der Waals surface area contributed by atoms with E-state index in [2.05, 4.69) is 21.0 Å². The highest BCUT2D eigenvalue weighted by molar-refractivity contribution is 6.17. The molecule has 35 heavy (non-hydrogen) atoms. The highest BCUT2D eigenvalue weighted by Gasteiger charge is 2.20. The van der Waals surface area contributed by atoms with Gasteiger partial charge in [-0.15, -0.1) is 4.98 Å². The van der Waals surface area contributed by atoms with Gasteiger partial charge < -0.3 is 23.8 Å². The Morgan fingerprint density at radius 1 is 0.943 bits per heavy atom. The maximum atomic E-state index is 12.3. The topological polar surface area (TPSA) is 120 Å². The third-order valence-electron chi connectivity index (χ3n) is 4.86. The molecule has 3 rings (SSSR count). The molecule has 10 heteroatoms. The molecule has 0 N–H and O–H groups in total. The summed E-state index contributed by atoms with van der Waals surface area (Å²) in [5.74, 6) is 0.331. The van der Waals surface area contributed by atoms with Crippen LogP contribution in [0.3, 0.4) is 0 Å². The first-order valence-electron chi connectivity index (χ1n) is 10.8. The summed E-state index contributed by atoms with van der Waals surface area (Å²) >= 11 is 0. The van der Waals surface area contributed by atoms with Crippen LogP contribution in [0.1, 0.15) is 25.0 Å². The molecule has 0 spiro atoms. The van der Waals surface area contributed by atoms with Crippen LogP contribution in [0.15, 0.2) is 54.8 Å². The molecule has 0 atom stereocenters. The molecule has 0 saturated heterocycles. The van der Waals surface area contributed by atoms with Gasteiger partial charge in [0.2, 0.25) is 5.95 Å². The average Bonchev–Trinajstić information content (AvgIpc) is 2.88. The Morgan fingerprint density at radius 2 is 1.54 bits per heavy atom. The van der Waals surface area contributed by atoms with Gasteiger partial charge in [0.05, 0.1) is 26.0 Å². The van der Waals surface area contributed by atoms with Gasteiger partial charge in [-0.2, -0.15) is 15.2 Å². The SMILES string of the molecule is CCN(CC)c1nc(Oc2ccccc2C#N)nc(Oc2ccccc2C(=COC)C(=O)OC)n1. The lowest BCUT2D eigenvalue weighted by Gasteiger charge is -2.19. The van der Waals surface area contributed by atoms with E-state index in [4.69, 9.17) is 18.9 Å². The van der Waals surface area contributed by atoms with E-state index in [0.29, 0.717) is 41.7 Å². The van der Waals surface area contributed by atoms with Gasteiger partial charge in [0.1, 0.15) is 23.1 Å². The van der Waals surface area contributed by atoms with Crippen molar-refractivity contribution in [3.63, 3.8) is 0 Å². The monoisotopic (exact) mass is 475 g/mol. The van der Waals surface area contributed by atoms with Gasteiger partial charge in [0.25, 0.3) is 0 Å². The smallest absolute Gasteiger partial charge is 0.341 e. The molecular formula is C25H25N5O5. The molecule has 0 amide bonds. The summed E-state index contributed by atoms with van der Waals surface area (Å²) in [5.41, 5.74) is 0.906. The van der Waals surface area contributed by atoms with E-state index in [1.807, 2.05) is 18.7 Å². The Hall–Kier alpha value is -4.65. The number of carbonyl (C=O) groups is 1. The number of nitriles is 1. The van der Waals surface area contributed by atoms with Crippen LogP contribution in [0.5, 0.6) is 23.5 Å². The quantitative estimate of drug-likeness (QED) is 0.238. The van der Waals surface area contributed by atoms with Crippen LogP contribution >= 0.6 is 0 Å².